The number of halogens is 1. The van der Waals surface area contributed by atoms with Crippen molar-refractivity contribution in [2.24, 2.45) is 0 Å². The van der Waals surface area contributed by atoms with Gasteiger partial charge < -0.3 is 24.4 Å². The molecule has 0 aliphatic carbocycles. The highest BCUT2D eigenvalue weighted by molar-refractivity contribution is 7.98. The molecule has 2 unspecified atom stereocenters. The lowest BCUT2D eigenvalue weighted by molar-refractivity contribution is -0.119. The zero-order valence-corrected chi connectivity index (χ0v) is 23.1. The van der Waals surface area contributed by atoms with Crippen molar-refractivity contribution >= 4 is 40.9 Å². The van der Waals surface area contributed by atoms with Crippen molar-refractivity contribution in [1.29, 1.82) is 0 Å². The molecule has 37 heavy (non-hydrogen) atoms. The predicted molar refractivity (Wildman–Crippen MR) is 147 cm³/mol. The fraction of sp³-hybridized carbons (Fsp3) is 0.286. The molecular weight excluding hydrogens is 512 g/mol. The number of rotatable bonds is 7. The number of fused-ring (bicyclic) bond motifs is 1. The van der Waals surface area contributed by atoms with E-state index in [1.807, 2.05) is 37.4 Å². The summed E-state index contributed by atoms with van der Waals surface area (Å²) in [5.74, 6) is 0.0364. The standard InChI is InChI=1S/C28H29ClN2O5S/c1-15-11-21(22(34-3)14-20(15)29)30-27(32)25-18-12-23(35-4)24(36-5)13-19(18)28(33)31(2)26(25)16-7-9-17(37-6)10-8-16/h7-14,25-26H,1-6H3,(H,30,32). The maximum atomic E-state index is 14.1. The number of anilines is 1. The Morgan fingerprint density at radius 1 is 0.973 bits per heavy atom. The van der Waals surface area contributed by atoms with E-state index < -0.39 is 12.0 Å². The average molecular weight is 541 g/mol. The summed E-state index contributed by atoms with van der Waals surface area (Å²) in [5.41, 5.74) is 3.07. The number of ether oxygens (including phenoxy) is 3. The molecule has 7 nitrogen and oxygen atoms in total. The topological polar surface area (TPSA) is 77.1 Å². The fourth-order valence-electron chi connectivity index (χ4n) is 4.69. The van der Waals surface area contributed by atoms with Crippen molar-refractivity contribution in [3.05, 3.63) is 75.8 Å². The lowest BCUT2D eigenvalue weighted by atomic mass is 9.79. The molecule has 1 heterocycles. The first kappa shape index (κ1) is 26.7. The number of likely N-dealkylation sites (N-methyl/N-ethyl adjacent to an activating group) is 1. The number of hydrogen-bond acceptors (Lipinski definition) is 6. The Bertz CT molecular complexity index is 1350. The summed E-state index contributed by atoms with van der Waals surface area (Å²) in [4.78, 5) is 30.3. The van der Waals surface area contributed by atoms with Crippen LogP contribution in [0.15, 0.2) is 53.4 Å². The minimum Gasteiger partial charge on any atom is -0.495 e. The van der Waals surface area contributed by atoms with Gasteiger partial charge in [-0.15, -0.1) is 11.8 Å². The van der Waals surface area contributed by atoms with Crippen LogP contribution in [-0.2, 0) is 4.79 Å². The van der Waals surface area contributed by atoms with Crippen LogP contribution in [0.25, 0.3) is 0 Å². The second kappa shape index (κ2) is 10.9. The predicted octanol–water partition coefficient (Wildman–Crippen LogP) is 5.95. The van der Waals surface area contributed by atoms with Gasteiger partial charge in [0.1, 0.15) is 5.75 Å². The lowest BCUT2D eigenvalue weighted by Gasteiger charge is -2.40. The summed E-state index contributed by atoms with van der Waals surface area (Å²) in [6.07, 6.45) is 2.00. The number of carbonyl (C=O) groups excluding carboxylic acids is 2. The van der Waals surface area contributed by atoms with Gasteiger partial charge in [-0.2, -0.15) is 0 Å². The highest BCUT2D eigenvalue weighted by atomic mass is 35.5. The summed E-state index contributed by atoms with van der Waals surface area (Å²) in [6, 6.07) is 14.1. The van der Waals surface area contributed by atoms with E-state index in [1.165, 1.54) is 21.3 Å². The number of nitrogens with zero attached hydrogens (tertiary/aromatic N) is 1. The first-order chi connectivity index (χ1) is 17.7. The fourth-order valence-corrected chi connectivity index (χ4v) is 5.25. The molecule has 0 spiro atoms. The van der Waals surface area contributed by atoms with Crippen LogP contribution in [0.2, 0.25) is 5.02 Å². The molecule has 0 aromatic heterocycles. The minimum absolute atomic E-state index is 0.209. The Hall–Kier alpha value is -3.36. The maximum Gasteiger partial charge on any atom is 0.254 e. The number of carbonyl (C=O) groups is 2. The van der Waals surface area contributed by atoms with Crippen molar-refractivity contribution in [1.82, 2.24) is 4.90 Å². The maximum absolute atomic E-state index is 14.1. The van der Waals surface area contributed by atoms with E-state index in [9.17, 15) is 9.59 Å². The molecule has 0 saturated carbocycles. The summed E-state index contributed by atoms with van der Waals surface area (Å²) < 4.78 is 16.4. The molecule has 1 N–H and O–H groups in total. The summed E-state index contributed by atoms with van der Waals surface area (Å²) in [6.45, 7) is 1.85. The molecule has 1 aliphatic heterocycles. The van der Waals surface area contributed by atoms with Crippen LogP contribution in [0.3, 0.4) is 0 Å². The van der Waals surface area contributed by atoms with E-state index in [2.05, 4.69) is 5.32 Å². The molecule has 9 heteroatoms. The van der Waals surface area contributed by atoms with Gasteiger partial charge in [0.05, 0.1) is 39.0 Å². The minimum atomic E-state index is -0.752. The molecular formula is C28H29ClN2O5S. The van der Waals surface area contributed by atoms with E-state index in [0.717, 1.165) is 16.0 Å². The third kappa shape index (κ3) is 4.95. The Labute approximate surface area is 226 Å². The van der Waals surface area contributed by atoms with Crippen molar-refractivity contribution in [2.45, 2.75) is 23.8 Å². The Kier molecular flexibility index (Phi) is 7.90. The van der Waals surface area contributed by atoms with E-state index in [4.69, 9.17) is 25.8 Å². The smallest absolute Gasteiger partial charge is 0.254 e. The van der Waals surface area contributed by atoms with Crippen LogP contribution in [0.4, 0.5) is 5.69 Å². The molecule has 4 rings (SSSR count). The molecule has 1 aliphatic rings. The second-order valence-electron chi connectivity index (χ2n) is 8.70. The molecule has 0 saturated heterocycles. The summed E-state index contributed by atoms with van der Waals surface area (Å²) in [5, 5.41) is 3.56. The van der Waals surface area contributed by atoms with Crippen LogP contribution in [0.1, 0.15) is 39.0 Å². The molecule has 2 atom stereocenters. The Balaban J connectivity index is 1.89. The Morgan fingerprint density at radius 2 is 1.59 bits per heavy atom. The van der Waals surface area contributed by atoms with Gasteiger partial charge in [-0.3, -0.25) is 9.59 Å². The number of aryl methyl sites for hydroxylation is 1. The zero-order valence-electron chi connectivity index (χ0n) is 21.5. The molecule has 0 radical (unpaired) electrons. The number of benzene rings is 3. The molecule has 0 fully saturated rings. The van der Waals surface area contributed by atoms with Crippen molar-refractivity contribution in [2.75, 3.05) is 39.9 Å². The third-order valence-corrected chi connectivity index (χ3v) is 7.80. The molecule has 194 valence electrons. The number of amides is 2. The molecule has 0 bridgehead atoms. The van der Waals surface area contributed by atoms with Gasteiger partial charge >= 0.3 is 0 Å². The van der Waals surface area contributed by atoms with E-state index >= 15 is 0 Å². The Morgan fingerprint density at radius 3 is 2.19 bits per heavy atom. The van der Waals surface area contributed by atoms with Crippen LogP contribution in [0, 0.1) is 6.92 Å². The first-order valence-corrected chi connectivity index (χ1v) is 13.2. The average Bonchev–Trinajstić information content (AvgIpc) is 2.91. The van der Waals surface area contributed by atoms with Crippen molar-refractivity contribution < 1.29 is 23.8 Å². The highest BCUT2D eigenvalue weighted by Gasteiger charge is 2.43. The monoisotopic (exact) mass is 540 g/mol. The zero-order chi connectivity index (χ0) is 26.9. The first-order valence-electron chi connectivity index (χ1n) is 11.6. The second-order valence-corrected chi connectivity index (χ2v) is 9.98. The van der Waals surface area contributed by atoms with Gasteiger partial charge in [-0.05, 0) is 60.2 Å². The number of nitrogens with one attached hydrogen (secondary N) is 1. The highest BCUT2D eigenvalue weighted by Crippen LogP contribution is 2.46. The normalized spacial score (nSPS) is 16.7. The van der Waals surface area contributed by atoms with Gasteiger partial charge in [0.25, 0.3) is 5.91 Å². The van der Waals surface area contributed by atoms with E-state index in [1.54, 1.807) is 48.0 Å². The third-order valence-electron chi connectivity index (χ3n) is 6.65. The van der Waals surface area contributed by atoms with E-state index in [-0.39, 0.29) is 11.8 Å². The molecule has 2 amide bonds. The van der Waals surface area contributed by atoms with Crippen LogP contribution >= 0.6 is 23.4 Å². The van der Waals surface area contributed by atoms with Crippen LogP contribution < -0.4 is 19.5 Å². The molecule has 3 aromatic carbocycles. The van der Waals surface area contributed by atoms with Gasteiger partial charge in [0.15, 0.2) is 11.5 Å². The summed E-state index contributed by atoms with van der Waals surface area (Å²) in [7, 11) is 6.27. The van der Waals surface area contributed by atoms with Crippen molar-refractivity contribution in [3.63, 3.8) is 0 Å². The van der Waals surface area contributed by atoms with Gasteiger partial charge in [-0.25, -0.2) is 0 Å². The van der Waals surface area contributed by atoms with E-state index in [0.29, 0.717) is 39.1 Å². The van der Waals surface area contributed by atoms with Crippen molar-refractivity contribution in [3.8, 4) is 17.2 Å². The largest absolute Gasteiger partial charge is 0.495 e. The van der Waals surface area contributed by atoms with Gasteiger partial charge in [-0.1, -0.05) is 23.7 Å². The number of hydrogen-bond donors (Lipinski definition) is 1. The van der Waals surface area contributed by atoms with Crippen LogP contribution in [0.5, 0.6) is 17.2 Å². The molecule has 3 aromatic rings. The van der Waals surface area contributed by atoms with Crippen LogP contribution in [-0.4, -0.2) is 51.3 Å². The number of methoxy groups -OCH3 is 3. The lowest BCUT2D eigenvalue weighted by Crippen LogP contribution is -2.44. The number of thioether (sulfide) groups is 1. The van der Waals surface area contributed by atoms with Gasteiger partial charge in [0.2, 0.25) is 5.91 Å². The SMILES string of the molecule is COc1cc(Cl)c(C)cc1NC(=O)C1c2cc(OC)c(OC)cc2C(=O)N(C)C1c1ccc(SC)cc1. The quantitative estimate of drug-likeness (QED) is 0.373. The summed E-state index contributed by atoms with van der Waals surface area (Å²) >= 11 is 7.90. The van der Waals surface area contributed by atoms with Gasteiger partial charge in [0, 0.05) is 28.6 Å².